The molecule has 110 valence electrons. The molecule has 18 heavy (non-hydrogen) atoms. The molecule has 1 rings (SSSR count). The third-order valence-corrected chi connectivity index (χ3v) is 2.50. The Morgan fingerprint density at radius 3 is 2.28 bits per heavy atom. The fraction of sp³-hybridized carbons (Fsp3) is 1.00. The standard InChI is InChI=1S/C9H20N2O5.C2H6/c1-13-3-4-15-8-7(14-2)6(5-12)16-9(8,10)11;1-2/h6-8,12H,3-5,10-11H2,1-2H3;1-2H3. The van der Waals surface area contributed by atoms with Crippen molar-refractivity contribution in [1.29, 1.82) is 0 Å². The molecule has 0 aromatic heterocycles. The van der Waals surface area contributed by atoms with Gasteiger partial charge in [-0.15, -0.1) is 0 Å². The first kappa shape index (κ1) is 17.7. The number of ether oxygens (including phenoxy) is 4. The molecule has 1 heterocycles. The van der Waals surface area contributed by atoms with E-state index in [0.29, 0.717) is 13.2 Å². The van der Waals surface area contributed by atoms with Crippen molar-refractivity contribution in [2.75, 3.05) is 34.0 Å². The minimum atomic E-state index is -1.46. The first-order valence-electron chi connectivity index (χ1n) is 6.06. The zero-order chi connectivity index (χ0) is 14.2. The highest BCUT2D eigenvalue weighted by Gasteiger charge is 2.52. The summed E-state index contributed by atoms with van der Waals surface area (Å²) in [4.78, 5) is 0. The van der Waals surface area contributed by atoms with E-state index in [4.69, 9.17) is 35.5 Å². The molecule has 7 heteroatoms. The maximum atomic E-state index is 9.09. The Morgan fingerprint density at radius 1 is 1.22 bits per heavy atom. The maximum absolute atomic E-state index is 9.09. The molecule has 7 nitrogen and oxygen atoms in total. The lowest BCUT2D eigenvalue weighted by Gasteiger charge is -2.27. The minimum absolute atomic E-state index is 0.223. The molecule has 1 fully saturated rings. The van der Waals surface area contributed by atoms with Crippen molar-refractivity contribution >= 4 is 0 Å². The minimum Gasteiger partial charge on any atom is -0.394 e. The van der Waals surface area contributed by atoms with Crippen LogP contribution in [0.2, 0.25) is 0 Å². The van der Waals surface area contributed by atoms with E-state index in [0.717, 1.165) is 0 Å². The fourth-order valence-electron chi connectivity index (χ4n) is 1.75. The van der Waals surface area contributed by atoms with E-state index in [9.17, 15) is 0 Å². The van der Waals surface area contributed by atoms with Gasteiger partial charge in [0, 0.05) is 14.2 Å². The van der Waals surface area contributed by atoms with Gasteiger partial charge in [0.05, 0.1) is 19.8 Å². The van der Waals surface area contributed by atoms with Crippen molar-refractivity contribution in [2.45, 2.75) is 38.0 Å². The number of hydrogen-bond donors (Lipinski definition) is 3. The lowest BCUT2D eigenvalue weighted by atomic mass is 10.1. The Balaban J connectivity index is 0.00000137. The molecule has 0 aromatic rings. The molecular formula is C11H26N2O5. The number of aliphatic hydroxyl groups excluding tert-OH is 1. The lowest BCUT2D eigenvalue weighted by molar-refractivity contribution is -0.110. The van der Waals surface area contributed by atoms with Gasteiger partial charge in [-0.05, 0) is 0 Å². The van der Waals surface area contributed by atoms with Crippen molar-refractivity contribution in [2.24, 2.45) is 11.5 Å². The highest BCUT2D eigenvalue weighted by Crippen LogP contribution is 2.27. The number of hydrogen-bond acceptors (Lipinski definition) is 7. The molecule has 0 amide bonds. The lowest BCUT2D eigenvalue weighted by Crippen LogP contribution is -2.60. The predicted octanol–water partition coefficient (Wildman–Crippen LogP) is -0.978. The summed E-state index contributed by atoms with van der Waals surface area (Å²) in [5, 5.41) is 9.09. The van der Waals surface area contributed by atoms with Crippen LogP contribution in [0.4, 0.5) is 0 Å². The Labute approximate surface area is 108 Å². The van der Waals surface area contributed by atoms with Gasteiger partial charge in [0.25, 0.3) is 0 Å². The van der Waals surface area contributed by atoms with Gasteiger partial charge in [-0.1, -0.05) is 13.8 Å². The molecule has 3 unspecified atom stereocenters. The van der Waals surface area contributed by atoms with Crippen LogP contribution >= 0.6 is 0 Å². The van der Waals surface area contributed by atoms with Crippen LogP contribution in [0.25, 0.3) is 0 Å². The van der Waals surface area contributed by atoms with Gasteiger partial charge in [-0.3, -0.25) is 11.5 Å². The van der Waals surface area contributed by atoms with Crippen molar-refractivity contribution in [3.63, 3.8) is 0 Å². The molecule has 3 atom stereocenters. The fourth-order valence-corrected chi connectivity index (χ4v) is 1.75. The summed E-state index contributed by atoms with van der Waals surface area (Å²) < 4.78 is 20.8. The van der Waals surface area contributed by atoms with Crippen LogP contribution in [0.5, 0.6) is 0 Å². The molecule has 0 aromatic carbocycles. The second-order valence-corrected chi connectivity index (χ2v) is 3.68. The molecular weight excluding hydrogens is 240 g/mol. The summed E-state index contributed by atoms with van der Waals surface area (Å²) in [5.41, 5.74) is 11.5. The summed E-state index contributed by atoms with van der Waals surface area (Å²) in [6, 6.07) is 0. The Bertz CT molecular complexity index is 216. The highest BCUT2D eigenvalue weighted by molar-refractivity contribution is 4.97. The first-order valence-corrected chi connectivity index (χ1v) is 6.06. The van der Waals surface area contributed by atoms with Crippen molar-refractivity contribution < 1.29 is 24.1 Å². The monoisotopic (exact) mass is 266 g/mol. The van der Waals surface area contributed by atoms with E-state index in [1.54, 1.807) is 7.11 Å². The molecule has 1 aliphatic heterocycles. The van der Waals surface area contributed by atoms with Gasteiger partial charge in [-0.2, -0.15) is 0 Å². The highest BCUT2D eigenvalue weighted by atomic mass is 16.6. The van der Waals surface area contributed by atoms with Crippen LogP contribution in [-0.2, 0) is 18.9 Å². The number of methoxy groups -OCH3 is 2. The number of aliphatic hydroxyl groups is 1. The average molecular weight is 266 g/mol. The van der Waals surface area contributed by atoms with Crippen LogP contribution in [0, 0.1) is 0 Å². The maximum Gasteiger partial charge on any atom is 0.199 e. The molecule has 0 aliphatic carbocycles. The van der Waals surface area contributed by atoms with Crippen molar-refractivity contribution in [1.82, 2.24) is 0 Å². The molecule has 0 bridgehead atoms. The van der Waals surface area contributed by atoms with Gasteiger partial charge in [0.2, 0.25) is 0 Å². The predicted molar refractivity (Wildman–Crippen MR) is 66.8 cm³/mol. The zero-order valence-corrected chi connectivity index (χ0v) is 11.6. The summed E-state index contributed by atoms with van der Waals surface area (Å²) in [7, 11) is 3.06. The van der Waals surface area contributed by atoms with E-state index < -0.39 is 24.2 Å². The SMILES string of the molecule is CC.COCCOC1C(OC)C(CO)OC1(N)N. The molecule has 1 saturated heterocycles. The van der Waals surface area contributed by atoms with E-state index >= 15 is 0 Å². The van der Waals surface area contributed by atoms with Crippen LogP contribution in [0.15, 0.2) is 0 Å². The van der Waals surface area contributed by atoms with Crippen LogP contribution in [0.1, 0.15) is 13.8 Å². The molecule has 0 saturated carbocycles. The number of nitrogens with two attached hydrogens (primary N) is 2. The summed E-state index contributed by atoms with van der Waals surface area (Å²) in [6.07, 6.45) is -1.70. The molecule has 0 radical (unpaired) electrons. The third-order valence-electron chi connectivity index (χ3n) is 2.50. The van der Waals surface area contributed by atoms with Gasteiger partial charge >= 0.3 is 0 Å². The van der Waals surface area contributed by atoms with E-state index in [2.05, 4.69) is 0 Å². The Kier molecular flexibility index (Phi) is 8.62. The summed E-state index contributed by atoms with van der Waals surface area (Å²) >= 11 is 0. The van der Waals surface area contributed by atoms with E-state index in [1.807, 2.05) is 13.8 Å². The molecule has 0 spiro atoms. The van der Waals surface area contributed by atoms with Gasteiger partial charge < -0.3 is 24.1 Å². The van der Waals surface area contributed by atoms with Crippen LogP contribution in [0.3, 0.4) is 0 Å². The first-order chi connectivity index (χ1) is 8.56. The largest absolute Gasteiger partial charge is 0.394 e. The van der Waals surface area contributed by atoms with E-state index in [1.165, 1.54) is 7.11 Å². The second kappa shape index (κ2) is 8.76. The normalized spacial score (nSPS) is 29.8. The van der Waals surface area contributed by atoms with E-state index in [-0.39, 0.29) is 6.61 Å². The smallest absolute Gasteiger partial charge is 0.199 e. The molecule has 5 N–H and O–H groups in total. The summed E-state index contributed by atoms with van der Waals surface area (Å²) in [5.74, 6) is -1.46. The van der Waals surface area contributed by atoms with Crippen molar-refractivity contribution in [3.05, 3.63) is 0 Å². The van der Waals surface area contributed by atoms with Crippen LogP contribution in [-0.4, -0.2) is 63.3 Å². The second-order valence-electron chi connectivity index (χ2n) is 3.68. The zero-order valence-electron chi connectivity index (χ0n) is 11.6. The quantitative estimate of drug-likeness (QED) is 0.419. The molecule has 1 aliphatic rings. The topological polar surface area (TPSA) is 109 Å². The van der Waals surface area contributed by atoms with Gasteiger partial charge in [-0.25, -0.2) is 0 Å². The summed E-state index contributed by atoms with van der Waals surface area (Å²) in [6.45, 7) is 4.53. The van der Waals surface area contributed by atoms with Gasteiger partial charge in [0.1, 0.15) is 18.3 Å². The van der Waals surface area contributed by atoms with Crippen molar-refractivity contribution in [3.8, 4) is 0 Å². The Morgan fingerprint density at radius 2 is 1.83 bits per heavy atom. The average Bonchev–Trinajstić information content (AvgIpc) is 2.63. The van der Waals surface area contributed by atoms with Crippen LogP contribution < -0.4 is 11.5 Å². The number of rotatable bonds is 6. The Hall–Kier alpha value is -0.280. The third kappa shape index (κ3) is 4.43. The van der Waals surface area contributed by atoms with Gasteiger partial charge in [0.15, 0.2) is 5.85 Å².